The average molecular weight is 990 g/mol. The van der Waals surface area contributed by atoms with E-state index in [4.69, 9.17) is 14.2 Å². The summed E-state index contributed by atoms with van der Waals surface area (Å²) in [4.78, 5) is 62.4. The molecule has 3 amide bonds. The van der Waals surface area contributed by atoms with Gasteiger partial charge in [-0.05, 0) is 74.2 Å². The lowest BCUT2D eigenvalue weighted by molar-refractivity contribution is -0.204. The van der Waals surface area contributed by atoms with Crippen LogP contribution in [-0.2, 0) is 41.1 Å². The molecule has 2 bridgehead atoms. The molecule has 17 nitrogen and oxygen atoms in total. The first-order chi connectivity index (χ1) is 33.2. The Hall–Kier alpha value is -4.50. The molecule has 9 rings (SSSR count). The normalized spacial score (nSPS) is 33.2. The minimum atomic E-state index is -2.49. The molecule has 2 unspecified atom stereocenters. The molecule has 69 heavy (non-hydrogen) atoms. The van der Waals surface area contributed by atoms with E-state index in [1.54, 1.807) is 14.2 Å². The number of para-hydroxylation sites is 1. The summed E-state index contributed by atoms with van der Waals surface area (Å²) < 4.78 is 17.8. The van der Waals surface area contributed by atoms with E-state index in [2.05, 4.69) is 49.2 Å². The smallest absolute Gasteiger partial charge is 0.426 e. The fourth-order valence-corrected chi connectivity index (χ4v) is 15.7. The summed E-state index contributed by atoms with van der Waals surface area (Å²) in [7, 11) is 7.97. The quantitative estimate of drug-likeness (QED) is 0.0381. The van der Waals surface area contributed by atoms with Gasteiger partial charge in [0.05, 0.1) is 24.2 Å². The predicted molar refractivity (Wildman–Crippen MR) is 265 cm³/mol. The fraction of sp³-hybridized carbons (Fsp3) is 0.600. The van der Waals surface area contributed by atoms with Gasteiger partial charge in [0.25, 0.3) is 12.4 Å². The van der Waals surface area contributed by atoms with Crippen molar-refractivity contribution in [2.75, 3.05) is 83.5 Å². The minimum absolute atomic E-state index is 0.0169. The molecule has 3 aromatic rings. The van der Waals surface area contributed by atoms with Crippen LogP contribution in [0.4, 0.5) is 10.5 Å². The number of fused-ring (bicyclic) bond motifs is 6. The molecule has 1 aliphatic carbocycles. The van der Waals surface area contributed by atoms with Crippen LogP contribution < -0.4 is 25.8 Å². The van der Waals surface area contributed by atoms with E-state index in [1.807, 2.05) is 56.1 Å². The molecule has 19 heteroatoms. The SMILES string of the molecule is CC[C@]1(O)CC2CN(CCc3c([nH]c4ccccc34)[C@@](COC=O)(c3cc4c(cc3OC)N(C)[C@H]3[C@@](O)(C(=O)NNC(=O)OCCSSCCC(=O)NC)[C@H](O)[C@]5(CC)C=CCN6CC[C@]43[C@@H]65)C2)C1. The molecule has 1 aromatic heterocycles. The molecule has 6 heterocycles. The van der Waals surface area contributed by atoms with Crippen LogP contribution in [0.25, 0.3) is 10.9 Å². The van der Waals surface area contributed by atoms with Crippen LogP contribution in [0.2, 0.25) is 0 Å². The third-order valence-corrected chi connectivity index (χ3v) is 19.0. The number of nitrogens with zero attached hydrogens (tertiary/aromatic N) is 3. The Morgan fingerprint density at radius 2 is 1.81 bits per heavy atom. The second-order valence-corrected chi connectivity index (χ2v) is 22.7. The van der Waals surface area contributed by atoms with E-state index < -0.39 is 51.6 Å². The number of carbonyl (C=O) groups is 4. The van der Waals surface area contributed by atoms with Crippen LogP contribution in [0.1, 0.15) is 74.8 Å². The Bertz CT molecular complexity index is 2490. The van der Waals surface area contributed by atoms with Gasteiger partial charge in [0, 0.05) is 109 Å². The van der Waals surface area contributed by atoms with Crippen molar-refractivity contribution >= 4 is 62.6 Å². The molecule has 0 radical (unpaired) electrons. The third kappa shape index (κ3) is 7.98. The van der Waals surface area contributed by atoms with Gasteiger partial charge in [0.2, 0.25) is 5.91 Å². The Kier molecular flexibility index (Phi) is 13.8. The number of nitrogens with one attached hydrogen (secondary N) is 4. The van der Waals surface area contributed by atoms with Crippen molar-refractivity contribution in [3.05, 3.63) is 70.9 Å². The molecular formula is C50H67N7O10S2. The highest BCUT2D eigenvalue weighted by Crippen LogP contribution is 2.67. The van der Waals surface area contributed by atoms with E-state index in [9.17, 15) is 34.5 Å². The van der Waals surface area contributed by atoms with Crippen molar-refractivity contribution in [1.82, 2.24) is 31.0 Å². The van der Waals surface area contributed by atoms with Gasteiger partial charge in [0.15, 0.2) is 5.60 Å². The van der Waals surface area contributed by atoms with Crippen molar-refractivity contribution in [1.29, 1.82) is 0 Å². The van der Waals surface area contributed by atoms with Crippen LogP contribution in [0, 0.1) is 11.3 Å². The maximum atomic E-state index is 14.9. The number of aromatic amines is 1. The van der Waals surface area contributed by atoms with Gasteiger partial charge in [-0.2, -0.15) is 0 Å². The highest BCUT2D eigenvalue weighted by Gasteiger charge is 2.78. The first-order valence-electron chi connectivity index (χ1n) is 24.3. The molecule has 3 fully saturated rings. The maximum absolute atomic E-state index is 14.9. The number of amides is 3. The number of H-pyrrole nitrogens is 1. The van der Waals surface area contributed by atoms with E-state index >= 15 is 0 Å². The lowest BCUT2D eigenvalue weighted by Crippen LogP contribution is -2.82. The predicted octanol–water partition coefficient (Wildman–Crippen LogP) is 3.52. The summed E-state index contributed by atoms with van der Waals surface area (Å²) in [6, 6.07) is 11.0. The maximum Gasteiger partial charge on any atom is 0.426 e. The summed E-state index contributed by atoms with van der Waals surface area (Å²) in [5, 5.41) is 41.9. The number of hydrogen-bond donors (Lipinski definition) is 7. The fourth-order valence-electron chi connectivity index (χ4n) is 13.9. The number of likely N-dealkylation sites (N-methyl/N-ethyl adjacent to an activating group) is 1. The van der Waals surface area contributed by atoms with Crippen LogP contribution in [-0.4, -0.2) is 163 Å². The molecular weight excluding hydrogens is 923 g/mol. The number of hydrazine groups is 1. The zero-order valence-corrected chi connectivity index (χ0v) is 41.8. The number of piperidine rings is 1. The summed E-state index contributed by atoms with van der Waals surface area (Å²) in [5.41, 5.74) is 3.62. The Balaban J connectivity index is 1.15. The summed E-state index contributed by atoms with van der Waals surface area (Å²) in [6.07, 6.45) is 5.07. The molecule has 1 spiro atoms. The summed E-state index contributed by atoms with van der Waals surface area (Å²) >= 11 is 0. The number of carbonyl (C=O) groups excluding carboxylic acids is 4. The second kappa shape index (κ2) is 19.3. The highest BCUT2D eigenvalue weighted by molar-refractivity contribution is 8.76. The number of anilines is 1. The lowest BCUT2D eigenvalue weighted by Gasteiger charge is -2.63. The number of aromatic nitrogens is 1. The standard InChI is InChI=1S/C50H67N7O10S2/c1-6-46(63)25-31-26-48(29-66-30-58,40-33(13-18-56(27-31)28-46)32-11-8-9-12-36(32)52-40)35-23-34-37(24-38(35)65-5)55(4)42-49(34)16-19-57-17-10-15-47(7-2,41(49)57)43(60)50(42,64)44(61)53-54-45(62)67-20-22-69-68-21-14-39(59)51-3/h8-12,15,23-24,30-31,41-43,52,60,63-64H,6-7,13-14,16-22,25-29H2,1-5H3,(H,51,59)(H,53,61)(H,54,62)/t31?,41-,42+,43+,46-,47+,48-,49+,50-/m0/s1. The zero-order valence-electron chi connectivity index (χ0n) is 40.2. The number of rotatable bonds is 15. The minimum Gasteiger partial charge on any atom is -0.496 e. The molecule has 6 aliphatic rings. The first kappa shape index (κ1) is 49.5. The van der Waals surface area contributed by atoms with Crippen LogP contribution in [0.5, 0.6) is 5.75 Å². The summed E-state index contributed by atoms with van der Waals surface area (Å²) in [6.45, 7) is 7.78. The molecule has 2 saturated heterocycles. The van der Waals surface area contributed by atoms with E-state index in [0.717, 1.165) is 52.1 Å². The van der Waals surface area contributed by atoms with Gasteiger partial charge in [-0.3, -0.25) is 29.6 Å². The van der Waals surface area contributed by atoms with Crippen LogP contribution >= 0.6 is 21.6 Å². The number of benzene rings is 2. The van der Waals surface area contributed by atoms with Gasteiger partial charge >= 0.3 is 6.09 Å². The van der Waals surface area contributed by atoms with Crippen molar-refractivity contribution in [3.8, 4) is 5.75 Å². The Morgan fingerprint density at radius 1 is 1.01 bits per heavy atom. The largest absolute Gasteiger partial charge is 0.496 e. The number of ether oxygens (including phenoxy) is 3. The van der Waals surface area contributed by atoms with Gasteiger partial charge in [-0.1, -0.05) is 65.8 Å². The summed E-state index contributed by atoms with van der Waals surface area (Å²) in [5.74, 6) is 0.505. The van der Waals surface area contributed by atoms with Crippen LogP contribution in [0.3, 0.4) is 0 Å². The van der Waals surface area contributed by atoms with Crippen molar-refractivity contribution in [2.45, 2.75) is 99.0 Å². The molecule has 2 aromatic carbocycles. The van der Waals surface area contributed by atoms with Gasteiger partial charge in [0.1, 0.15) is 25.1 Å². The van der Waals surface area contributed by atoms with Crippen molar-refractivity contribution in [2.24, 2.45) is 11.3 Å². The van der Waals surface area contributed by atoms with Crippen LogP contribution in [0.15, 0.2) is 48.6 Å². The molecule has 5 aliphatic heterocycles. The highest BCUT2D eigenvalue weighted by atomic mass is 33.1. The molecule has 7 N–H and O–H groups in total. The van der Waals surface area contributed by atoms with E-state index in [1.165, 1.54) is 21.6 Å². The second-order valence-electron chi connectivity index (χ2n) is 20.0. The van der Waals surface area contributed by atoms with Crippen molar-refractivity contribution in [3.63, 3.8) is 0 Å². The Morgan fingerprint density at radius 3 is 2.57 bits per heavy atom. The molecule has 10 atom stereocenters. The van der Waals surface area contributed by atoms with E-state index in [0.29, 0.717) is 88.3 Å². The molecule has 1 saturated carbocycles. The number of hydrogen-bond acceptors (Lipinski definition) is 15. The van der Waals surface area contributed by atoms with Gasteiger partial charge in [-0.15, -0.1) is 0 Å². The number of aliphatic hydroxyl groups excluding tert-OH is 1. The topological polar surface area (TPSA) is 218 Å². The Labute approximate surface area is 411 Å². The average Bonchev–Trinajstić information content (AvgIpc) is 4.02. The lowest BCUT2D eigenvalue weighted by atomic mass is 9.47. The number of methoxy groups -OCH3 is 1. The number of aliphatic hydroxyl groups is 3. The zero-order chi connectivity index (χ0) is 48.9. The first-order valence-corrected chi connectivity index (χ1v) is 26.7. The third-order valence-electron chi connectivity index (χ3n) is 16.7. The van der Waals surface area contributed by atoms with Gasteiger partial charge in [-0.25, -0.2) is 10.2 Å². The van der Waals surface area contributed by atoms with Gasteiger partial charge < -0.3 is 44.7 Å². The molecule has 374 valence electrons. The van der Waals surface area contributed by atoms with E-state index in [-0.39, 0.29) is 31.1 Å². The van der Waals surface area contributed by atoms with Crippen molar-refractivity contribution < 1.29 is 48.7 Å². The monoisotopic (exact) mass is 989 g/mol.